The topological polar surface area (TPSA) is 46.5 Å². The van der Waals surface area contributed by atoms with E-state index in [1.807, 2.05) is 0 Å². The van der Waals surface area contributed by atoms with E-state index >= 15 is 0 Å². The Hall–Kier alpha value is -1.95. The van der Waals surface area contributed by atoms with E-state index < -0.39 is 23.2 Å². The van der Waals surface area contributed by atoms with E-state index in [4.69, 9.17) is 9.84 Å². The molecule has 1 N–H and O–H groups in total. The van der Waals surface area contributed by atoms with Gasteiger partial charge in [-0.1, -0.05) is 15.9 Å². The average molecular weight is 343 g/mol. The fraction of sp³-hybridized carbons (Fsp3) is 0.0714. The smallest absolute Gasteiger partial charge is 0.338 e. The molecule has 0 fully saturated rings. The number of carboxylic acid groups (broad SMARTS) is 1. The molecule has 2 rings (SSSR count). The minimum absolute atomic E-state index is 0.0319. The first-order valence-corrected chi connectivity index (χ1v) is 6.36. The molecule has 0 bridgehead atoms. The van der Waals surface area contributed by atoms with Crippen molar-refractivity contribution in [2.75, 3.05) is 0 Å². The number of halogens is 3. The Labute approximate surface area is 121 Å². The molecule has 3 nitrogen and oxygen atoms in total. The van der Waals surface area contributed by atoms with Crippen LogP contribution in [-0.4, -0.2) is 11.1 Å². The molecule has 2 aromatic carbocycles. The van der Waals surface area contributed by atoms with Crippen LogP contribution in [0.1, 0.15) is 15.9 Å². The summed E-state index contributed by atoms with van der Waals surface area (Å²) in [4.78, 5) is 10.7. The highest BCUT2D eigenvalue weighted by molar-refractivity contribution is 9.10. The summed E-state index contributed by atoms with van der Waals surface area (Å²) >= 11 is 3.25. The molecule has 0 atom stereocenters. The fourth-order valence-corrected chi connectivity index (χ4v) is 1.94. The van der Waals surface area contributed by atoms with Crippen molar-refractivity contribution < 1.29 is 23.4 Å². The first kappa shape index (κ1) is 14.5. The predicted octanol–water partition coefficient (Wildman–Crippen LogP) is 4.00. The van der Waals surface area contributed by atoms with Crippen molar-refractivity contribution in [1.82, 2.24) is 0 Å². The Kier molecular flexibility index (Phi) is 4.34. The van der Waals surface area contributed by atoms with Crippen molar-refractivity contribution in [2.24, 2.45) is 0 Å². The van der Waals surface area contributed by atoms with Gasteiger partial charge in [-0.15, -0.1) is 0 Å². The number of carbonyl (C=O) groups is 1. The van der Waals surface area contributed by atoms with Crippen molar-refractivity contribution in [3.63, 3.8) is 0 Å². The van der Waals surface area contributed by atoms with Crippen molar-refractivity contribution >= 4 is 21.9 Å². The van der Waals surface area contributed by atoms with E-state index in [0.717, 1.165) is 12.1 Å². The number of rotatable bonds is 4. The van der Waals surface area contributed by atoms with Gasteiger partial charge in [-0.2, -0.15) is 0 Å². The van der Waals surface area contributed by atoms with E-state index in [-0.39, 0.29) is 12.4 Å². The monoisotopic (exact) mass is 342 g/mol. The molecular weight excluding hydrogens is 334 g/mol. The summed E-state index contributed by atoms with van der Waals surface area (Å²) in [5.41, 5.74) is 0.136. The van der Waals surface area contributed by atoms with Gasteiger partial charge in [0.05, 0.1) is 5.56 Å². The molecule has 20 heavy (non-hydrogen) atoms. The lowest BCUT2D eigenvalue weighted by molar-refractivity contribution is 0.0692. The summed E-state index contributed by atoms with van der Waals surface area (Å²) in [5, 5.41) is 8.70. The zero-order valence-electron chi connectivity index (χ0n) is 10.1. The lowest BCUT2D eigenvalue weighted by atomic mass is 10.2. The quantitative estimate of drug-likeness (QED) is 0.913. The second-order valence-corrected chi connectivity index (χ2v) is 4.83. The largest absolute Gasteiger partial charge is 0.489 e. The number of hydrogen-bond acceptors (Lipinski definition) is 2. The van der Waals surface area contributed by atoms with Crippen LogP contribution in [0.3, 0.4) is 0 Å². The van der Waals surface area contributed by atoms with Crippen molar-refractivity contribution in [3.05, 3.63) is 63.6 Å². The van der Waals surface area contributed by atoms with Gasteiger partial charge < -0.3 is 9.84 Å². The van der Waals surface area contributed by atoms with Crippen LogP contribution in [0.2, 0.25) is 0 Å². The van der Waals surface area contributed by atoms with Crippen molar-refractivity contribution in [2.45, 2.75) is 6.61 Å². The molecule has 0 radical (unpaired) electrons. The van der Waals surface area contributed by atoms with Gasteiger partial charge >= 0.3 is 5.97 Å². The van der Waals surface area contributed by atoms with Crippen LogP contribution in [0.5, 0.6) is 5.75 Å². The SMILES string of the molecule is O=C(O)c1ccc(OCc2cc(F)ccc2Br)cc1F. The molecule has 0 aliphatic carbocycles. The second kappa shape index (κ2) is 6.00. The van der Waals surface area contributed by atoms with Gasteiger partial charge in [0.1, 0.15) is 24.0 Å². The molecule has 0 aliphatic heterocycles. The molecule has 6 heteroatoms. The Morgan fingerprint density at radius 2 is 1.95 bits per heavy atom. The summed E-state index contributed by atoms with van der Waals surface area (Å²) in [6.45, 7) is 0.0319. The summed E-state index contributed by atoms with van der Waals surface area (Å²) in [7, 11) is 0. The van der Waals surface area contributed by atoms with Gasteiger partial charge in [-0.25, -0.2) is 13.6 Å². The number of benzene rings is 2. The van der Waals surface area contributed by atoms with E-state index in [9.17, 15) is 13.6 Å². The van der Waals surface area contributed by atoms with E-state index in [2.05, 4.69) is 15.9 Å². The van der Waals surface area contributed by atoms with Gasteiger partial charge in [0.2, 0.25) is 0 Å². The van der Waals surface area contributed by atoms with Gasteiger partial charge in [-0.05, 0) is 30.3 Å². The zero-order valence-corrected chi connectivity index (χ0v) is 11.7. The molecule has 0 saturated heterocycles. The molecule has 0 heterocycles. The normalized spacial score (nSPS) is 10.3. The number of hydrogen-bond donors (Lipinski definition) is 1. The van der Waals surface area contributed by atoms with Gasteiger partial charge in [0.15, 0.2) is 0 Å². The maximum absolute atomic E-state index is 13.4. The third-order valence-corrected chi connectivity index (χ3v) is 3.35. The maximum atomic E-state index is 13.4. The summed E-state index contributed by atoms with van der Waals surface area (Å²) < 4.78 is 32.5. The molecule has 0 unspecified atom stereocenters. The standard InChI is InChI=1S/C14H9BrF2O3/c15-12-4-1-9(16)5-8(12)7-20-10-2-3-11(14(18)19)13(17)6-10/h1-6H,7H2,(H,18,19). The van der Waals surface area contributed by atoms with Gasteiger partial charge in [0, 0.05) is 16.1 Å². The Morgan fingerprint density at radius 3 is 2.60 bits per heavy atom. The van der Waals surface area contributed by atoms with Crippen LogP contribution in [0.15, 0.2) is 40.9 Å². The maximum Gasteiger partial charge on any atom is 0.338 e. The lowest BCUT2D eigenvalue weighted by Crippen LogP contribution is -2.02. The molecule has 0 amide bonds. The van der Waals surface area contributed by atoms with E-state index in [1.165, 1.54) is 18.2 Å². The minimum Gasteiger partial charge on any atom is -0.489 e. The number of ether oxygens (including phenoxy) is 1. The molecule has 2 aromatic rings. The predicted molar refractivity (Wildman–Crippen MR) is 71.8 cm³/mol. The van der Waals surface area contributed by atoms with Crippen LogP contribution in [-0.2, 0) is 6.61 Å². The van der Waals surface area contributed by atoms with Crippen LogP contribution in [0, 0.1) is 11.6 Å². The van der Waals surface area contributed by atoms with Crippen molar-refractivity contribution in [3.8, 4) is 5.75 Å². The first-order chi connectivity index (χ1) is 9.47. The van der Waals surface area contributed by atoms with Crippen LogP contribution in [0.25, 0.3) is 0 Å². The second-order valence-electron chi connectivity index (χ2n) is 3.97. The highest BCUT2D eigenvalue weighted by atomic mass is 79.9. The lowest BCUT2D eigenvalue weighted by Gasteiger charge is -2.09. The Bertz CT molecular complexity index is 659. The van der Waals surface area contributed by atoms with Gasteiger partial charge in [-0.3, -0.25) is 0 Å². The van der Waals surface area contributed by atoms with Crippen LogP contribution < -0.4 is 4.74 Å². The Morgan fingerprint density at radius 1 is 1.20 bits per heavy atom. The minimum atomic E-state index is -1.35. The van der Waals surface area contributed by atoms with Crippen molar-refractivity contribution in [1.29, 1.82) is 0 Å². The van der Waals surface area contributed by atoms with Crippen LogP contribution in [0.4, 0.5) is 8.78 Å². The third kappa shape index (κ3) is 3.33. The molecule has 0 saturated carbocycles. The highest BCUT2D eigenvalue weighted by Gasteiger charge is 2.11. The molecule has 0 aliphatic rings. The molecule has 0 spiro atoms. The first-order valence-electron chi connectivity index (χ1n) is 5.57. The molecule has 0 aromatic heterocycles. The average Bonchev–Trinajstić information content (AvgIpc) is 2.39. The van der Waals surface area contributed by atoms with Gasteiger partial charge in [0.25, 0.3) is 0 Å². The zero-order chi connectivity index (χ0) is 14.7. The van der Waals surface area contributed by atoms with E-state index in [0.29, 0.717) is 10.0 Å². The summed E-state index contributed by atoms with van der Waals surface area (Å²) in [6.07, 6.45) is 0. The highest BCUT2D eigenvalue weighted by Crippen LogP contribution is 2.22. The molecule has 104 valence electrons. The summed E-state index contributed by atoms with van der Waals surface area (Å²) in [5.74, 6) is -2.46. The number of carboxylic acids is 1. The van der Waals surface area contributed by atoms with Crippen LogP contribution >= 0.6 is 15.9 Å². The fourth-order valence-electron chi connectivity index (χ4n) is 1.57. The Balaban J connectivity index is 2.13. The number of aromatic carboxylic acids is 1. The summed E-state index contributed by atoms with van der Waals surface area (Å²) in [6, 6.07) is 7.59. The molecular formula is C14H9BrF2O3. The van der Waals surface area contributed by atoms with E-state index in [1.54, 1.807) is 6.07 Å². The third-order valence-electron chi connectivity index (χ3n) is 2.57.